The van der Waals surface area contributed by atoms with Crippen LogP contribution >= 0.6 is 0 Å². The molecule has 2 aromatic heterocycles. The van der Waals surface area contributed by atoms with Crippen molar-refractivity contribution in [3.63, 3.8) is 0 Å². The highest BCUT2D eigenvalue weighted by molar-refractivity contribution is 5.97. The van der Waals surface area contributed by atoms with E-state index in [1.165, 1.54) is 0 Å². The van der Waals surface area contributed by atoms with Crippen LogP contribution < -0.4 is 4.74 Å². The second-order valence-electron chi connectivity index (χ2n) is 5.64. The van der Waals surface area contributed by atoms with Gasteiger partial charge in [0.2, 0.25) is 11.8 Å². The lowest BCUT2D eigenvalue weighted by Crippen LogP contribution is -2.37. The van der Waals surface area contributed by atoms with Crippen LogP contribution in [-0.2, 0) is 11.3 Å². The lowest BCUT2D eigenvalue weighted by atomic mass is 10.0. The molecule has 1 aliphatic rings. The van der Waals surface area contributed by atoms with Crippen LogP contribution in [0, 0.1) is 0 Å². The van der Waals surface area contributed by atoms with Gasteiger partial charge in [-0.05, 0) is 24.6 Å². The lowest BCUT2D eigenvalue weighted by Gasteiger charge is -2.28. The Balaban J connectivity index is 1.76. The fourth-order valence-corrected chi connectivity index (χ4v) is 2.91. The Kier molecular flexibility index (Phi) is 4.14. The first kappa shape index (κ1) is 15.3. The summed E-state index contributed by atoms with van der Waals surface area (Å²) in [5.41, 5.74) is 1.38. The Labute approximate surface area is 134 Å². The quantitative estimate of drug-likeness (QED) is 0.867. The van der Waals surface area contributed by atoms with Crippen LogP contribution in [0.2, 0.25) is 0 Å². The van der Waals surface area contributed by atoms with E-state index in [-0.39, 0.29) is 17.7 Å². The van der Waals surface area contributed by atoms with Gasteiger partial charge in [-0.15, -0.1) is 0 Å². The van der Waals surface area contributed by atoms with Gasteiger partial charge in [0, 0.05) is 25.7 Å². The molecule has 3 rings (SSSR count). The monoisotopic (exact) mass is 313 g/mol. The van der Waals surface area contributed by atoms with Crippen molar-refractivity contribution in [2.24, 2.45) is 0 Å². The normalized spacial score (nSPS) is 16.8. The zero-order valence-corrected chi connectivity index (χ0v) is 13.2. The summed E-state index contributed by atoms with van der Waals surface area (Å²) < 4.78 is 6.89. The highest BCUT2D eigenvalue weighted by atomic mass is 16.5. The number of hydrogen-bond donors (Lipinski definition) is 0. The van der Waals surface area contributed by atoms with Gasteiger partial charge in [-0.2, -0.15) is 0 Å². The van der Waals surface area contributed by atoms with Crippen molar-refractivity contribution >= 4 is 11.7 Å². The third kappa shape index (κ3) is 2.97. The van der Waals surface area contributed by atoms with E-state index in [9.17, 15) is 9.59 Å². The molecule has 1 amide bonds. The number of pyridine rings is 1. The van der Waals surface area contributed by atoms with E-state index in [0.717, 1.165) is 5.69 Å². The molecule has 6 nitrogen and oxygen atoms in total. The van der Waals surface area contributed by atoms with Gasteiger partial charge < -0.3 is 14.2 Å². The number of ketones is 1. The minimum absolute atomic E-state index is 0.0143. The molecular formula is C17H19N3O3. The summed E-state index contributed by atoms with van der Waals surface area (Å²) in [5, 5.41) is 0. The number of Topliss-reactive ketones (excluding diaryl/α,β-unsaturated/α-hetero) is 1. The molecule has 0 spiro atoms. The summed E-state index contributed by atoms with van der Waals surface area (Å²) in [6.07, 6.45) is 2.74. The van der Waals surface area contributed by atoms with Crippen LogP contribution in [0.3, 0.4) is 0 Å². The van der Waals surface area contributed by atoms with Gasteiger partial charge in [0.05, 0.1) is 25.0 Å². The number of carbonyl (C=O) groups excluding carboxylic acids is 2. The number of aromatic nitrogens is 2. The molecule has 1 atom stereocenters. The topological polar surface area (TPSA) is 64.4 Å². The third-order valence-corrected chi connectivity index (χ3v) is 4.10. The van der Waals surface area contributed by atoms with Gasteiger partial charge in [-0.1, -0.05) is 6.07 Å². The molecule has 0 saturated carbocycles. The zero-order chi connectivity index (χ0) is 16.4. The average Bonchev–Trinajstić information content (AvgIpc) is 3.05. The number of methoxy groups -OCH3 is 1. The average molecular weight is 313 g/mol. The molecule has 120 valence electrons. The number of nitrogens with zero attached hydrogens (tertiary/aromatic N) is 3. The van der Waals surface area contributed by atoms with Gasteiger partial charge >= 0.3 is 0 Å². The summed E-state index contributed by atoms with van der Waals surface area (Å²) in [6.45, 7) is 0.400. The van der Waals surface area contributed by atoms with E-state index >= 15 is 0 Å². The molecule has 3 heterocycles. The summed E-state index contributed by atoms with van der Waals surface area (Å²) in [4.78, 5) is 30.6. The number of fused-ring (bicyclic) bond motifs is 1. The van der Waals surface area contributed by atoms with Crippen molar-refractivity contribution in [1.82, 2.24) is 14.5 Å². The van der Waals surface area contributed by atoms with Crippen molar-refractivity contribution in [2.75, 3.05) is 14.2 Å². The predicted molar refractivity (Wildman–Crippen MR) is 84.3 cm³/mol. The Bertz CT molecular complexity index is 738. The van der Waals surface area contributed by atoms with Crippen molar-refractivity contribution in [1.29, 1.82) is 0 Å². The molecule has 0 aromatic carbocycles. The fraction of sp³-hybridized carbons (Fsp3) is 0.353. The molecule has 0 fully saturated rings. The number of rotatable bonds is 4. The molecule has 6 heteroatoms. The second kappa shape index (κ2) is 6.24. The van der Waals surface area contributed by atoms with Gasteiger partial charge in [0.25, 0.3) is 0 Å². The van der Waals surface area contributed by atoms with E-state index in [1.54, 1.807) is 42.0 Å². The highest BCUT2D eigenvalue weighted by Gasteiger charge is 2.31. The molecule has 0 saturated heterocycles. The minimum atomic E-state index is -0.326. The predicted octanol–water partition coefficient (Wildman–Crippen LogP) is 2.07. The summed E-state index contributed by atoms with van der Waals surface area (Å²) >= 11 is 0. The van der Waals surface area contributed by atoms with Gasteiger partial charge in [-0.3, -0.25) is 9.59 Å². The molecule has 2 aromatic rings. The Hall–Kier alpha value is -2.63. The standard InChI is InChI=1S/C17H19N3O3/c1-19(11-12-5-3-7-16(18-12)23-2)17(22)14-8-9-15(21)13-6-4-10-20(13)14/h3-7,10,14H,8-9,11H2,1-2H3/t14-/m0/s1. The number of hydrogen-bond acceptors (Lipinski definition) is 4. The Morgan fingerprint density at radius 1 is 1.39 bits per heavy atom. The summed E-state index contributed by atoms with van der Waals surface area (Å²) in [6, 6.07) is 8.73. The van der Waals surface area contributed by atoms with Crippen LogP contribution in [0.4, 0.5) is 0 Å². The summed E-state index contributed by atoms with van der Waals surface area (Å²) in [5.74, 6) is 0.607. The van der Waals surface area contributed by atoms with E-state index < -0.39 is 0 Å². The molecule has 0 unspecified atom stereocenters. The third-order valence-electron chi connectivity index (χ3n) is 4.10. The fourth-order valence-electron chi connectivity index (χ4n) is 2.91. The van der Waals surface area contributed by atoms with E-state index in [4.69, 9.17) is 4.74 Å². The minimum Gasteiger partial charge on any atom is -0.481 e. The summed E-state index contributed by atoms with van der Waals surface area (Å²) in [7, 11) is 3.32. The maximum absolute atomic E-state index is 12.8. The van der Waals surface area contributed by atoms with Crippen molar-refractivity contribution in [3.8, 4) is 5.88 Å². The number of ether oxygens (including phenoxy) is 1. The number of amides is 1. The van der Waals surface area contributed by atoms with Gasteiger partial charge in [0.1, 0.15) is 6.04 Å². The Morgan fingerprint density at radius 3 is 3.00 bits per heavy atom. The van der Waals surface area contributed by atoms with E-state index in [1.807, 2.05) is 18.2 Å². The van der Waals surface area contributed by atoms with Gasteiger partial charge in [-0.25, -0.2) is 4.98 Å². The van der Waals surface area contributed by atoms with Crippen molar-refractivity contribution < 1.29 is 14.3 Å². The number of likely N-dealkylation sites (N-methyl/N-ethyl adjacent to an activating group) is 1. The van der Waals surface area contributed by atoms with Crippen LogP contribution in [0.5, 0.6) is 5.88 Å². The molecule has 0 radical (unpaired) electrons. The van der Waals surface area contributed by atoms with Crippen molar-refractivity contribution in [3.05, 3.63) is 47.9 Å². The van der Waals surface area contributed by atoms with Crippen molar-refractivity contribution in [2.45, 2.75) is 25.4 Å². The van der Waals surface area contributed by atoms with E-state index in [0.29, 0.717) is 31.0 Å². The first-order valence-corrected chi connectivity index (χ1v) is 7.55. The molecule has 0 bridgehead atoms. The second-order valence-corrected chi connectivity index (χ2v) is 5.64. The smallest absolute Gasteiger partial charge is 0.245 e. The molecular weight excluding hydrogens is 294 g/mol. The maximum atomic E-state index is 12.8. The SMILES string of the molecule is COc1cccc(CN(C)C(=O)[C@@H]2CCC(=O)c3cccn32)n1. The Morgan fingerprint density at radius 2 is 2.22 bits per heavy atom. The van der Waals surface area contributed by atoms with Crippen LogP contribution in [-0.4, -0.2) is 40.3 Å². The van der Waals surface area contributed by atoms with Crippen LogP contribution in [0.1, 0.15) is 35.1 Å². The van der Waals surface area contributed by atoms with E-state index in [2.05, 4.69) is 4.98 Å². The zero-order valence-electron chi connectivity index (χ0n) is 13.2. The maximum Gasteiger partial charge on any atom is 0.245 e. The number of carbonyl (C=O) groups is 2. The molecule has 0 N–H and O–H groups in total. The van der Waals surface area contributed by atoms with Crippen LogP contribution in [0.15, 0.2) is 36.5 Å². The molecule has 1 aliphatic heterocycles. The largest absolute Gasteiger partial charge is 0.481 e. The molecule has 23 heavy (non-hydrogen) atoms. The first-order valence-electron chi connectivity index (χ1n) is 7.55. The highest BCUT2D eigenvalue weighted by Crippen LogP contribution is 2.27. The lowest BCUT2D eigenvalue weighted by molar-refractivity contribution is -0.134. The van der Waals surface area contributed by atoms with Gasteiger partial charge in [0.15, 0.2) is 5.78 Å². The van der Waals surface area contributed by atoms with Crippen LogP contribution in [0.25, 0.3) is 0 Å². The molecule has 0 aliphatic carbocycles. The first-order chi connectivity index (χ1) is 11.1.